The second-order valence-electron chi connectivity index (χ2n) is 9.87. The van der Waals surface area contributed by atoms with E-state index in [1.807, 2.05) is 11.3 Å². The Labute approximate surface area is 190 Å². The number of benzene rings is 5. The molecule has 0 aliphatic rings. The van der Waals surface area contributed by atoms with Gasteiger partial charge in [0, 0.05) is 31.6 Å². The first-order chi connectivity index (χ1) is 15.5. The fourth-order valence-electron chi connectivity index (χ4n) is 5.46. The molecule has 1 nitrogen and oxygen atoms in total. The van der Waals surface area contributed by atoms with Gasteiger partial charge in [0.2, 0.25) is 0 Å². The molecular weight excluding hydrogens is 406 g/mol. The summed E-state index contributed by atoms with van der Waals surface area (Å²) in [7, 11) is 0. The molecule has 2 heterocycles. The number of nitrogens with one attached hydrogen (secondary N) is 1. The zero-order chi connectivity index (χ0) is 21.6. The summed E-state index contributed by atoms with van der Waals surface area (Å²) in [6.07, 6.45) is 0. The third-order valence-electron chi connectivity index (χ3n) is 6.91. The molecule has 0 radical (unpaired) electrons. The van der Waals surface area contributed by atoms with E-state index < -0.39 is 0 Å². The van der Waals surface area contributed by atoms with Gasteiger partial charge in [-0.15, -0.1) is 11.3 Å². The van der Waals surface area contributed by atoms with Gasteiger partial charge in [-0.1, -0.05) is 99.6 Å². The third-order valence-corrected chi connectivity index (χ3v) is 8.17. The average molecular weight is 430 g/mol. The van der Waals surface area contributed by atoms with Gasteiger partial charge in [-0.2, -0.15) is 0 Å². The molecule has 0 fully saturated rings. The normalized spacial score (nSPS) is 12.8. The molecule has 0 amide bonds. The van der Waals surface area contributed by atoms with Crippen molar-refractivity contribution in [1.82, 2.24) is 4.98 Å². The molecule has 0 aliphatic carbocycles. The third kappa shape index (κ3) is 2.28. The van der Waals surface area contributed by atoms with E-state index in [2.05, 4.69) is 105 Å². The summed E-state index contributed by atoms with van der Waals surface area (Å²) in [5, 5.41) is 10.7. The summed E-state index contributed by atoms with van der Waals surface area (Å²) in [5.41, 5.74) is 4.04. The summed E-state index contributed by atoms with van der Waals surface area (Å²) in [4.78, 5) is 3.89. The van der Waals surface area contributed by atoms with E-state index in [-0.39, 0.29) is 5.41 Å². The van der Waals surface area contributed by atoms with Crippen molar-refractivity contribution >= 4 is 74.9 Å². The van der Waals surface area contributed by atoms with Crippen molar-refractivity contribution in [1.29, 1.82) is 0 Å². The van der Waals surface area contributed by atoms with Crippen LogP contribution in [0.2, 0.25) is 0 Å². The first-order valence-corrected chi connectivity index (χ1v) is 12.0. The SMILES string of the molecule is CC(C)(C)c1cccc2c1sc1c3[nH]c4c5ccccc5ccc4c3c3ccccc3c21. The first kappa shape index (κ1) is 18.2. The molecule has 7 aromatic rings. The molecule has 5 aromatic carbocycles. The maximum absolute atomic E-state index is 3.89. The molecule has 0 atom stereocenters. The number of aromatic nitrogens is 1. The topological polar surface area (TPSA) is 15.8 Å². The van der Waals surface area contributed by atoms with Crippen LogP contribution in [-0.4, -0.2) is 4.98 Å². The zero-order valence-corrected chi connectivity index (χ0v) is 19.2. The van der Waals surface area contributed by atoms with Gasteiger partial charge >= 0.3 is 0 Å². The largest absolute Gasteiger partial charge is 0.353 e. The lowest BCUT2D eigenvalue weighted by molar-refractivity contribution is 0.597. The number of aromatic amines is 1. The van der Waals surface area contributed by atoms with Crippen LogP contribution in [-0.2, 0) is 5.41 Å². The second-order valence-corrected chi connectivity index (χ2v) is 10.9. The summed E-state index contributed by atoms with van der Waals surface area (Å²) in [6, 6.07) is 29.0. The highest BCUT2D eigenvalue weighted by atomic mass is 32.1. The Bertz CT molecular complexity index is 1860. The number of hydrogen-bond donors (Lipinski definition) is 1. The summed E-state index contributed by atoms with van der Waals surface area (Å²) in [5.74, 6) is 0. The fraction of sp³-hybridized carbons (Fsp3) is 0.133. The van der Waals surface area contributed by atoms with Crippen LogP contribution in [0.1, 0.15) is 26.3 Å². The Balaban J connectivity index is 1.81. The molecule has 0 unspecified atom stereocenters. The van der Waals surface area contributed by atoms with Crippen LogP contribution < -0.4 is 0 Å². The molecule has 0 bridgehead atoms. The number of rotatable bonds is 0. The predicted octanol–water partition coefficient (Wildman–Crippen LogP) is 9.29. The van der Waals surface area contributed by atoms with E-state index in [1.54, 1.807) is 0 Å². The van der Waals surface area contributed by atoms with Crippen LogP contribution in [0.15, 0.2) is 78.9 Å². The van der Waals surface area contributed by atoms with Gasteiger partial charge in [0.15, 0.2) is 0 Å². The first-order valence-electron chi connectivity index (χ1n) is 11.2. The standard InChI is InChI=1S/C30H23NS/c1-30(2,3)23-14-8-13-22-25-20-12-7-6-11-19(20)24-21-16-15-17-9-4-5-10-18(17)26(21)31-27(24)29(25)32-28(22)23/h4-16,31H,1-3H3. The van der Waals surface area contributed by atoms with Crippen molar-refractivity contribution in [3.05, 3.63) is 84.4 Å². The number of fused-ring (bicyclic) bond motifs is 12. The highest BCUT2D eigenvalue weighted by Crippen LogP contribution is 2.48. The molecule has 154 valence electrons. The van der Waals surface area contributed by atoms with Gasteiger partial charge in [-0.3, -0.25) is 0 Å². The lowest BCUT2D eigenvalue weighted by Crippen LogP contribution is -2.10. The number of thiophene rings is 1. The molecule has 0 saturated heterocycles. The lowest BCUT2D eigenvalue weighted by Gasteiger charge is -2.19. The quantitative estimate of drug-likeness (QED) is 0.247. The van der Waals surface area contributed by atoms with Gasteiger partial charge < -0.3 is 4.98 Å². The minimum absolute atomic E-state index is 0.103. The molecule has 0 saturated carbocycles. The molecule has 2 aromatic heterocycles. The summed E-state index contributed by atoms with van der Waals surface area (Å²) in [6.45, 7) is 6.94. The van der Waals surface area contributed by atoms with Crippen molar-refractivity contribution in [2.45, 2.75) is 26.2 Å². The van der Waals surface area contributed by atoms with Gasteiger partial charge in [-0.05, 0) is 27.1 Å². The molecular formula is C30H23NS. The van der Waals surface area contributed by atoms with Crippen LogP contribution in [0.3, 0.4) is 0 Å². The van der Waals surface area contributed by atoms with Crippen molar-refractivity contribution < 1.29 is 0 Å². The smallest absolute Gasteiger partial charge is 0.0653 e. The molecule has 2 heteroatoms. The minimum atomic E-state index is 0.103. The summed E-state index contributed by atoms with van der Waals surface area (Å²) < 4.78 is 2.78. The van der Waals surface area contributed by atoms with Gasteiger partial charge in [-0.25, -0.2) is 0 Å². The van der Waals surface area contributed by atoms with E-state index >= 15 is 0 Å². The van der Waals surface area contributed by atoms with Crippen LogP contribution in [0.25, 0.3) is 63.5 Å². The van der Waals surface area contributed by atoms with E-state index in [9.17, 15) is 0 Å². The Kier molecular flexibility index (Phi) is 3.48. The lowest BCUT2D eigenvalue weighted by atomic mass is 9.86. The number of H-pyrrole nitrogens is 1. The Hall–Kier alpha value is -3.36. The monoisotopic (exact) mass is 429 g/mol. The van der Waals surface area contributed by atoms with Crippen LogP contribution in [0.4, 0.5) is 0 Å². The van der Waals surface area contributed by atoms with Crippen molar-refractivity contribution in [2.24, 2.45) is 0 Å². The van der Waals surface area contributed by atoms with Crippen LogP contribution in [0.5, 0.6) is 0 Å². The Morgan fingerprint density at radius 3 is 2.03 bits per heavy atom. The minimum Gasteiger partial charge on any atom is -0.353 e. The highest BCUT2D eigenvalue weighted by molar-refractivity contribution is 7.27. The van der Waals surface area contributed by atoms with Crippen molar-refractivity contribution in [3.63, 3.8) is 0 Å². The average Bonchev–Trinajstić information content (AvgIpc) is 3.38. The van der Waals surface area contributed by atoms with Crippen molar-refractivity contribution in [3.8, 4) is 0 Å². The molecule has 32 heavy (non-hydrogen) atoms. The van der Waals surface area contributed by atoms with Crippen molar-refractivity contribution in [2.75, 3.05) is 0 Å². The predicted molar refractivity (Wildman–Crippen MR) is 142 cm³/mol. The van der Waals surface area contributed by atoms with Gasteiger partial charge in [0.05, 0.1) is 15.7 Å². The highest BCUT2D eigenvalue weighted by Gasteiger charge is 2.22. The van der Waals surface area contributed by atoms with E-state index in [1.165, 1.54) is 69.1 Å². The molecule has 1 N–H and O–H groups in total. The van der Waals surface area contributed by atoms with Crippen LogP contribution in [0, 0.1) is 0 Å². The summed E-state index contributed by atoms with van der Waals surface area (Å²) >= 11 is 1.95. The van der Waals surface area contributed by atoms with Crippen LogP contribution >= 0.6 is 11.3 Å². The van der Waals surface area contributed by atoms with E-state index in [0.717, 1.165) is 0 Å². The maximum atomic E-state index is 3.89. The van der Waals surface area contributed by atoms with E-state index in [0.29, 0.717) is 0 Å². The van der Waals surface area contributed by atoms with E-state index in [4.69, 9.17) is 0 Å². The zero-order valence-electron chi connectivity index (χ0n) is 18.4. The Morgan fingerprint density at radius 1 is 0.562 bits per heavy atom. The molecule has 0 aliphatic heterocycles. The maximum Gasteiger partial charge on any atom is 0.0653 e. The second kappa shape index (κ2) is 6.11. The Morgan fingerprint density at radius 2 is 1.25 bits per heavy atom. The fourth-order valence-corrected chi connectivity index (χ4v) is 7.00. The number of hydrogen-bond acceptors (Lipinski definition) is 1. The molecule has 0 spiro atoms. The molecule has 7 rings (SSSR count). The van der Waals surface area contributed by atoms with Gasteiger partial charge in [0.25, 0.3) is 0 Å². The van der Waals surface area contributed by atoms with Gasteiger partial charge in [0.1, 0.15) is 0 Å².